The molecule has 0 radical (unpaired) electrons. The van der Waals surface area contributed by atoms with Crippen molar-refractivity contribution in [2.75, 3.05) is 6.54 Å². The van der Waals surface area contributed by atoms with Crippen LogP contribution in [0.1, 0.15) is 18.9 Å². The lowest BCUT2D eigenvalue weighted by atomic mass is 10.2. The monoisotopic (exact) mass is 250 g/mol. The maximum atomic E-state index is 13.5. The van der Waals surface area contributed by atoms with Crippen LogP contribution in [0.25, 0.3) is 0 Å². The lowest BCUT2D eigenvalue weighted by Gasteiger charge is -2.22. The number of benzene rings is 1. The number of nitrogens with one attached hydrogen (secondary N) is 1. The highest BCUT2D eigenvalue weighted by Gasteiger charge is 2.26. The summed E-state index contributed by atoms with van der Waals surface area (Å²) >= 11 is 0. The molecule has 1 saturated heterocycles. The highest BCUT2D eigenvalue weighted by molar-refractivity contribution is 5.89. The van der Waals surface area contributed by atoms with Crippen molar-refractivity contribution in [2.45, 2.75) is 25.9 Å². The van der Waals surface area contributed by atoms with Crippen molar-refractivity contribution in [2.24, 2.45) is 0 Å². The molecule has 1 N–H and O–H groups in total. The average molecular weight is 250 g/mol. The van der Waals surface area contributed by atoms with Gasteiger partial charge in [-0.3, -0.25) is 9.59 Å². The summed E-state index contributed by atoms with van der Waals surface area (Å²) in [7, 11) is 0. The standard InChI is InChI=1S/C13H15FN2O2/c1-9-13(18)16(7-6-12(17)15-9)8-10-4-2-3-5-11(10)14/h2-5,9H,6-8H2,1H3,(H,15,17). The summed E-state index contributed by atoms with van der Waals surface area (Å²) in [4.78, 5) is 24.9. The molecule has 1 fully saturated rings. The summed E-state index contributed by atoms with van der Waals surface area (Å²) in [6.07, 6.45) is 0.254. The number of amides is 2. The number of nitrogens with zero attached hydrogens (tertiary/aromatic N) is 1. The molecule has 1 aliphatic rings. The van der Waals surface area contributed by atoms with Crippen molar-refractivity contribution in [3.05, 3.63) is 35.6 Å². The molecule has 1 heterocycles. The lowest BCUT2D eigenvalue weighted by molar-refractivity contribution is -0.133. The van der Waals surface area contributed by atoms with Crippen LogP contribution in [0.15, 0.2) is 24.3 Å². The number of halogens is 1. The van der Waals surface area contributed by atoms with Crippen molar-refractivity contribution in [3.63, 3.8) is 0 Å². The number of rotatable bonds is 2. The molecule has 1 aliphatic heterocycles. The zero-order valence-electron chi connectivity index (χ0n) is 10.1. The quantitative estimate of drug-likeness (QED) is 0.853. The van der Waals surface area contributed by atoms with E-state index in [0.29, 0.717) is 12.1 Å². The minimum absolute atomic E-state index is 0.146. The van der Waals surface area contributed by atoms with Gasteiger partial charge in [-0.05, 0) is 13.0 Å². The van der Waals surface area contributed by atoms with Crippen LogP contribution in [-0.4, -0.2) is 29.3 Å². The molecule has 0 aromatic heterocycles. The molecule has 2 rings (SSSR count). The van der Waals surface area contributed by atoms with Gasteiger partial charge in [-0.15, -0.1) is 0 Å². The van der Waals surface area contributed by atoms with E-state index in [1.807, 2.05) is 0 Å². The second kappa shape index (κ2) is 5.16. The molecule has 0 saturated carbocycles. The molecule has 1 aromatic carbocycles. The van der Waals surface area contributed by atoms with E-state index in [-0.39, 0.29) is 30.6 Å². The van der Waals surface area contributed by atoms with Gasteiger partial charge in [0.2, 0.25) is 11.8 Å². The number of carbonyl (C=O) groups excluding carboxylic acids is 2. The summed E-state index contributed by atoms with van der Waals surface area (Å²) < 4.78 is 13.5. The highest BCUT2D eigenvalue weighted by atomic mass is 19.1. The summed E-state index contributed by atoms with van der Waals surface area (Å²) in [5.74, 6) is -0.655. The van der Waals surface area contributed by atoms with E-state index >= 15 is 0 Å². The predicted octanol–water partition coefficient (Wildman–Crippen LogP) is 1.06. The Bertz CT molecular complexity index is 476. The lowest BCUT2D eigenvalue weighted by Crippen LogP contribution is -2.42. The molecule has 18 heavy (non-hydrogen) atoms. The number of hydrogen-bond acceptors (Lipinski definition) is 2. The Labute approximate surface area is 105 Å². The molecule has 1 aromatic rings. The Morgan fingerprint density at radius 3 is 2.83 bits per heavy atom. The van der Waals surface area contributed by atoms with Gasteiger partial charge in [-0.25, -0.2) is 4.39 Å². The van der Waals surface area contributed by atoms with Gasteiger partial charge in [-0.1, -0.05) is 18.2 Å². The first kappa shape index (κ1) is 12.5. The summed E-state index contributed by atoms with van der Waals surface area (Å²) in [5, 5.41) is 2.60. The van der Waals surface area contributed by atoms with Crippen molar-refractivity contribution < 1.29 is 14.0 Å². The van der Waals surface area contributed by atoms with E-state index in [2.05, 4.69) is 5.32 Å². The SMILES string of the molecule is CC1NC(=O)CCN(Cc2ccccc2F)C1=O. The Hall–Kier alpha value is -1.91. The normalized spacial score (nSPS) is 20.6. The maximum Gasteiger partial charge on any atom is 0.245 e. The van der Waals surface area contributed by atoms with Gasteiger partial charge in [0.1, 0.15) is 11.9 Å². The molecule has 0 bridgehead atoms. The fourth-order valence-electron chi connectivity index (χ4n) is 1.99. The molecule has 0 spiro atoms. The Morgan fingerprint density at radius 2 is 2.11 bits per heavy atom. The highest BCUT2D eigenvalue weighted by Crippen LogP contribution is 2.12. The Morgan fingerprint density at radius 1 is 1.39 bits per heavy atom. The minimum atomic E-state index is -0.549. The minimum Gasteiger partial charge on any atom is -0.345 e. The van der Waals surface area contributed by atoms with E-state index in [1.54, 1.807) is 25.1 Å². The largest absolute Gasteiger partial charge is 0.345 e. The molecule has 4 nitrogen and oxygen atoms in total. The first-order chi connectivity index (χ1) is 8.58. The van der Waals surface area contributed by atoms with Crippen LogP contribution in [0.2, 0.25) is 0 Å². The van der Waals surface area contributed by atoms with Crippen LogP contribution in [0.4, 0.5) is 4.39 Å². The maximum absolute atomic E-state index is 13.5. The second-order valence-corrected chi connectivity index (χ2v) is 4.39. The van der Waals surface area contributed by atoms with Crippen molar-refractivity contribution >= 4 is 11.8 Å². The molecular weight excluding hydrogens is 235 g/mol. The van der Waals surface area contributed by atoms with E-state index in [4.69, 9.17) is 0 Å². The van der Waals surface area contributed by atoms with Crippen LogP contribution >= 0.6 is 0 Å². The first-order valence-electron chi connectivity index (χ1n) is 5.89. The van der Waals surface area contributed by atoms with Gasteiger partial charge in [0.15, 0.2) is 0 Å². The van der Waals surface area contributed by atoms with Gasteiger partial charge in [0.25, 0.3) is 0 Å². The second-order valence-electron chi connectivity index (χ2n) is 4.39. The third kappa shape index (κ3) is 2.67. The molecule has 0 aliphatic carbocycles. The van der Waals surface area contributed by atoms with Crippen molar-refractivity contribution in [1.82, 2.24) is 10.2 Å². The van der Waals surface area contributed by atoms with Crippen molar-refractivity contribution in [1.29, 1.82) is 0 Å². The smallest absolute Gasteiger partial charge is 0.245 e. The van der Waals surface area contributed by atoms with Crippen LogP contribution < -0.4 is 5.32 Å². The number of hydrogen-bond donors (Lipinski definition) is 1. The van der Waals surface area contributed by atoms with Crippen LogP contribution in [0.3, 0.4) is 0 Å². The number of carbonyl (C=O) groups is 2. The van der Waals surface area contributed by atoms with Gasteiger partial charge in [0, 0.05) is 25.1 Å². The Balaban J connectivity index is 2.15. The Kier molecular flexibility index (Phi) is 3.60. The predicted molar refractivity (Wildman–Crippen MR) is 64.0 cm³/mol. The fourth-order valence-corrected chi connectivity index (χ4v) is 1.99. The van der Waals surface area contributed by atoms with E-state index in [1.165, 1.54) is 11.0 Å². The van der Waals surface area contributed by atoms with Crippen molar-refractivity contribution in [3.8, 4) is 0 Å². The summed E-state index contributed by atoms with van der Waals surface area (Å²) in [5.41, 5.74) is 0.465. The molecule has 96 valence electrons. The fraction of sp³-hybridized carbons (Fsp3) is 0.385. The average Bonchev–Trinajstić information content (AvgIpc) is 2.45. The van der Waals surface area contributed by atoms with E-state index in [0.717, 1.165) is 0 Å². The van der Waals surface area contributed by atoms with Gasteiger partial charge in [-0.2, -0.15) is 0 Å². The van der Waals surface area contributed by atoms with Crippen LogP contribution in [-0.2, 0) is 16.1 Å². The summed E-state index contributed by atoms with van der Waals surface area (Å²) in [6, 6.07) is 5.80. The third-order valence-corrected chi connectivity index (χ3v) is 2.99. The van der Waals surface area contributed by atoms with Gasteiger partial charge < -0.3 is 10.2 Å². The topological polar surface area (TPSA) is 49.4 Å². The molecule has 5 heteroatoms. The zero-order chi connectivity index (χ0) is 13.1. The van der Waals surface area contributed by atoms with Gasteiger partial charge >= 0.3 is 0 Å². The molecule has 1 atom stereocenters. The summed E-state index contributed by atoms with van der Waals surface area (Å²) in [6.45, 7) is 2.16. The van der Waals surface area contributed by atoms with Gasteiger partial charge in [0.05, 0.1) is 0 Å². The molecule has 2 amide bonds. The van der Waals surface area contributed by atoms with E-state index < -0.39 is 6.04 Å². The first-order valence-corrected chi connectivity index (χ1v) is 5.89. The van der Waals surface area contributed by atoms with E-state index in [9.17, 15) is 14.0 Å². The molecular formula is C13H15FN2O2. The molecule has 1 unspecified atom stereocenters. The third-order valence-electron chi connectivity index (χ3n) is 2.99. The van der Waals surface area contributed by atoms with Crippen LogP contribution in [0, 0.1) is 5.82 Å². The zero-order valence-corrected chi connectivity index (χ0v) is 10.1. The van der Waals surface area contributed by atoms with Crippen LogP contribution in [0.5, 0.6) is 0 Å².